The van der Waals surface area contributed by atoms with E-state index in [9.17, 15) is 5.11 Å². The molecule has 2 nitrogen and oxygen atoms in total. The minimum absolute atomic E-state index is 0.266. The molecule has 2 heteroatoms. The highest BCUT2D eigenvalue weighted by Gasteiger charge is 2.52. The molecule has 148 valence electrons. The third kappa shape index (κ3) is 4.25. The Morgan fingerprint density at radius 2 is 1.74 bits per heavy atom. The van der Waals surface area contributed by atoms with Gasteiger partial charge in [-0.15, -0.1) is 0 Å². The Morgan fingerprint density at radius 3 is 2.37 bits per heavy atom. The molecule has 2 N–H and O–H groups in total. The number of likely N-dealkylation sites (tertiary alicyclic amines) is 1. The average molecular weight is 369 g/mol. The number of hydrogen-bond donors (Lipinski definition) is 2. The van der Waals surface area contributed by atoms with Gasteiger partial charge in [0.2, 0.25) is 0 Å². The van der Waals surface area contributed by atoms with E-state index in [1.54, 1.807) is 4.90 Å². The molecule has 1 aliphatic carbocycles. The van der Waals surface area contributed by atoms with Gasteiger partial charge in [0.25, 0.3) is 0 Å². The number of fused-ring (bicyclic) bond motifs is 2. The second kappa shape index (κ2) is 6.94. The van der Waals surface area contributed by atoms with E-state index in [0.29, 0.717) is 17.3 Å². The standard InChI is InChI=1S/C25H37NO/c1-22(2,3)25(27,20-12-8-7-9-13-20)14-10-11-15-26-19-24(6)17-21(26)16-23(4,5)18-24/h7-9,12-13,21,27H,14-19H2,1-6H3/p+1/t21-,24-,25+/m0/s1. The van der Waals surface area contributed by atoms with Crippen LogP contribution in [-0.2, 0) is 5.60 Å². The number of aliphatic hydroxyl groups is 1. The van der Waals surface area contributed by atoms with Crippen molar-refractivity contribution in [2.45, 2.75) is 78.9 Å². The fourth-order valence-electron chi connectivity index (χ4n) is 5.84. The summed E-state index contributed by atoms with van der Waals surface area (Å²) in [5.74, 6) is 6.79. The molecule has 1 saturated heterocycles. The molecular weight excluding hydrogens is 330 g/mol. The van der Waals surface area contributed by atoms with Crippen LogP contribution in [0.1, 0.15) is 72.8 Å². The normalized spacial score (nSPS) is 31.7. The van der Waals surface area contributed by atoms with Crippen LogP contribution in [0.25, 0.3) is 0 Å². The zero-order valence-electron chi connectivity index (χ0n) is 18.2. The van der Waals surface area contributed by atoms with Gasteiger partial charge < -0.3 is 10.0 Å². The summed E-state index contributed by atoms with van der Waals surface area (Å²) < 4.78 is 0. The average Bonchev–Trinajstić information content (AvgIpc) is 2.79. The summed E-state index contributed by atoms with van der Waals surface area (Å²) in [5, 5.41) is 11.5. The fourth-order valence-corrected chi connectivity index (χ4v) is 5.84. The van der Waals surface area contributed by atoms with E-state index >= 15 is 0 Å². The molecule has 0 spiro atoms. The molecule has 1 aromatic carbocycles. The van der Waals surface area contributed by atoms with E-state index in [1.807, 2.05) is 30.3 Å². The predicted octanol–water partition coefficient (Wildman–Crippen LogP) is 3.80. The molecule has 2 fully saturated rings. The third-order valence-electron chi connectivity index (χ3n) is 6.95. The monoisotopic (exact) mass is 368 g/mol. The molecule has 2 bridgehead atoms. The lowest BCUT2D eigenvalue weighted by Gasteiger charge is -2.39. The predicted molar refractivity (Wildman–Crippen MR) is 112 cm³/mol. The third-order valence-corrected chi connectivity index (χ3v) is 6.95. The lowest BCUT2D eigenvalue weighted by Crippen LogP contribution is -3.13. The number of rotatable bonds is 3. The molecule has 4 atom stereocenters. The smallest absolute Gasteiger partial charge is 0.139 e. The Bertz CT molecular complexity index is 720. The molecule has 0 aromatic heterocycles. The maximum absolute atomic E-state index is 11.5. The van der Waals surface area contributed by atoms with Crippen molar-refractivity contribution in [3.05, 3.63) is 35.9 Å². The van der Waals surface area contributed by atoms with Gasteiger partial charge in [-0.3, -0.25) is 0 Å². The highest BCUT2D eigenvalue weighted by molar-refractivity contribution is 5.27. The van der Waals surface area contributed by atoms with Gasteiger partial charge >= 0.3 is 0 Å². The minimum Gasteiger partial charge on any atom is -0.384 e. The van der Waals surface area contributed by atoms with Crippen molar-refractivity contribution in [1.82, 2.24) is 0 Å². The molecule has 1 aromatic rings. The van der Waals surface area contributed by atoms with E-state index in [2.05, 4.69) is 53.4 Å². The Labute approximate surface area is 166 Å². The topological polar surface area (TPSA) is 24.7 Å². The van der Waals surface area contributed by atoms with Gasteiger partial charge in [0.1, 0.15) is 12.1 Å². The number of benzene rings is 1. The van der Waals surface area contributed by atoms with Gasteiger partial charge in [-0.2, -0.15) is 0 Å². The minimum atomic E-state index is -0.925. The van der Waals surface area contributed by atoms with Crippen LogP contribution >= 0.6 is 0 Å². The number of hydrogen-bond acceptors (Lipinski definition) is 1. The Hall–Kier alpha value is -1.30. The van der Waals surface area contributed by atoms with Gasteiger partial charge in [-0.25, -0.2) is 0 Å². The summed E-state index contributed by atoms with van der Waals surface area (Å²) in [5.41, 5.74) is 0.723. The van der Waals surface area contributed by atoms with Crippen molar-refractivity contribution in [2.24, 2.45) is 16.2 Å². The van der Waals surface area contributed by atoms with Crippen LogP contribution in [-0.4, -0.2) is 24.2 Å². The molecular formula is C25H38NO+. The van der Waals surface area contributed by atoms with Crippen LogP contribution in [0.4, 0.5) is 0 Å². The first kappa shape index (κ1) is 20.4. The van der Waals surface area contributed by atoms with Gasteiger partial charge in [-0.1, -0.05) is 77.8 Å². The first-order chi connectivity index (χ1) is 12.4. The summed E-state index contributed by atoms with van der Waals surface area (Å²) >= 11 is 0. The summed E-state index contributed by atoms with van der Waals surface area (Å²) in [6.45, 7) is 15.8. The molecule has 2 aliphatic rings. The van der Waals surface area contributed by atoms with Crippen LogP contribution in [0.3, 0.4) is 0 Å². The van der Waals surface area contributed by atoms with Crippen LogP contribution in [0.15, 0.2) is 30.3 Å². The molecule has 1 unspecified atom stereocenters. The van der Waals surface area contributed by atoms with Crippen molar-refractivity contribution < 1.29 is 10.0 Å². The van der Waals surface area contributed by atoms with E-state index in [1.165, 1.54) is 25.8 Å². The summed E-state index contributed by atoms with van der Waals surface area (Å²) in [4.78, 5) is 1.66. The maximum Gasteiger partial charge on any atom is 0.139 e. The first-order valence-electron chi connectivity index (χ1n) is 10.5. The second-order valence-corrected chi connectivity index (χ2v) is 11.3. The summed E-state index contributed by atoms with van der Waals surface area (Å²) in [7, 11) is 0. The molecule has 0 amide bonds. The Morgan fingerprint density at radius 1 is 1.07 bits per heavy atom. The van der Waals surface area contributed by atoms with Crippen molar-refractivity contribution in [3.63, 3.8) is 0 Å². The van der Waals surface area contributed by atoms with Gasteiger partial charge in [-0.05, 0) is 28.7 Å². The largest absolute Gasteiger partial charge is 0.384 e. The first-order valence-corrected chi connectivity index (χ1v) is 10.5. The second-order valence-electron chi connectivity index (χ2n) is 11.3. The molecule has 1 aliphatic heterocycles. The lowest BCUT2D eigenvalue weighted by atomic mass is 9.65. The summed E-state index contributed by atoms with van der Waals surface area (Å²) in [6.07, 6.45) is 4.49. The van der Waals surface area contributed by atoms with Gasteiger partial charge in [0.05, 0.1) is 12.6 Å². The zero-order valence-corrected chi connectivity index (χ0v) is 18.2. The Balaban J connectivity index is 1.69. The fraction of sp³-hybridized carbons (Fsp3) is 0.680. The van der Waals surface area contributed by atoms with Crippen LogP contribution in [0.5, 0.6) is 0 Å². The van der Waals surface area contributed by atoms with E-state index in [-0.39, 0.29) is 5.41 Å². The van der Waals surface area contributed by atoms with E-state index in [4.69, 9.17) is 0 Å². The highest BCUT2D eigenvalue weighted by Crippen LogP contribution is 2.47. The zero-order chi connectivity index (χ0) is 19.9. The molecule has 27 heavy (non-hydrogen) atoms. The van der Waals surface area contributed by atoms with Crippen molar-refractivity contribution in [1.29, 1.82) is 0 Å². The van der Waals surface area contributed by atoms with Crippen LogP contribution in [0.2, 0.25) is 0 Å². The molecule has 1 saturated carbocycles. The van der Waals surface area contributed by atoms with Crippen LogP contribution in [0, 0.1) is 28.1 Å². The van der Waals surface area contributed by atoms with Crippen molar-refractivity contribution >= 4 is 0 Å². The quantitative estimate of drug-likeness (QED) is 0.780. The SMILES string of the molecule is CC1(C)C[C@H]2C[C@](C)(C[NH+]2CC#CC[C@@](O)(c2ccccc2)C(C)(C)C)C1. The molecule has 1 heterocycles. The lowest BCUT2D eigenvalue weighted by molar-refractivity contribution is -0.907. The van der Waals surface area contributed by atoms with E-state index in [0.717, 1.165) is 18.2 Å². The highest BCUT2D eigenvalue weighted by atomic mass is 16.3. The Kier molecular flexibility index (Phi) is 5.26. The molecule has 3 rings (SSSR count). The van der Waals surface area contributed by atoms with Crippen LogP contribution < -0.4 is 4.90 Å². The summed E-state index contributed by atoms with van der Waals surface area (Å²) in [6, 6.07) is 10.8. The van der Waals surface area contributed by atoms with Gasteiger partial charge in [0.15, 0.2) is 0 Å². The maximum atomic E-state index is 11.5. The van der Waals surface area contributed by atoms with Crippen molar-refractivity contribution in [3.8, 4) is 11.8 Å². The number of nitrogens with one attached hydrogen (secondary N) is 1. The number of quaternary nitrogens is 1. The van der Waals surface area contributed by atoms with E-state index < -0.39 is 5.60 Å². The molecule has 0 radical (unpaired) electrons. The van der Waals surface area contributed by atoms with Crippen molar-refractivity contribution in [2.75, 3.05) is 13.1 Å². The van der Waals surface area contributed by atoms with Gasteiger partial charge in [0, 0.05) is 24.7 Å².